The summed E-state index contributed by atoms with van der Waals surface area (Å²) in [6, 6.07) is 2.03. The van der Waals surface area contributed by atoms with Gasteiger partial charge in [0, 0.05) is 5.38 Å². The second-order valence-corrected chi connectivity index (χ2v) is 3.49. The highest BCUT2D eigenvalue weighted by molar-refractivity contribution is 8.03. The van der Waals surface area contributed by atoms with E-state index in [2.05, 4.69) is 20.2 Å². The molecule has 0 saturated carbocycles. The summed E-state index contributed by atoms with van der Waals surface area (Å²) in [6.45, 7) is 0.981. The summed E-state index contributed by atoms with van der Waals surface area (Å²) in [4.78, 5) is 0. The molecule has 0 radical (unpaired) electrons. The van der Waals surface area contributed by atoms with Crippen LogP contribution in [0, 0.1) is 0 Å². The molecule has 1 aliphatic rings. The van der Waals surface area contributed by atoms with Gasteiger partial charge in [0.05, 0.1) is 6.54 Å². The highest BCUT2D eigenvalue weighted by atomic mass is 32.2. The molecule has 2 heterocycles. The fraction of sp³-hybridized carbons (Fsp3) is 0.167. The molecule has 0 bridgehead atoms. The van der Waals surface area contributed by atoms with Crippen LogP contribution in [0.15, 0.2) is 22.9 Å². The van der Waals surface area contributed by atoms with E-state index in [1.807, 2.05) is 11.4 Å². The lowest BCUT2D eigenvalue weighted by atomic mass is 10.6. The van der Waals surface area contributed by atoms with Crippen molar-refractivity contribution in [2.75, 3.05) is 10.8 Å². The minimum absolute atomic E-state index is 0.981. The van der Waals surface area contributed by atoms with Crippen molar-refractivity contribution >= 4 is 29.3 Å². The SMILES string of the molecule is C1=CSN(c2ccsn2)C1. The lowest BCUT2D eigenvalue weighted by Crippen LogP contribution is -2.08. The Hall–Kier alpha value is -0.480. The quantitative estimate of drug-likeness (QED) is 0.601. The van der Waals surface area contributed by atoms with Gasteiger partial charge < -0.3 is 0 Å². The molecule has 0 amide bonds. The molecule has 0 saturated heterocycles. The van der Waals surface area contributed by atoms with E-state index in [1.54, 1.807) is 11.9 Å². The molecule has 0 aromatic carbocycles. The fourth-order valence-corrected chi connectivity index (χ4v) is 2.04. The molecule has 2 rings (SSSR count). The third-order valence-corrected chi connectivity index (χ3v) is 2.69. The van der Waals surface area contributed by atoms with Crippen molar-refractivity contribution in [2.24, 2.45) is 0 Å². The molecule has 0 aliphatic carbocycles. The van der Waals surface area contributed by atoms with Crippen molar-refractivity contribution in [2.45, 2.75) is 0 Å². The average molecular weight is 170 g/mol. The van der Waals surface area contributed by atoms with Crippen LogP contribution in [-0.4, -0.2) is 10.9 Å². The van der Waals surface area contributed by atoms with Gasteiger partial charge in [0.15, 0.2) is 5.82 Å². The van der Waals surface area contributed by atoms with Gasteiger partial charge in [-0.1, -0.05) is 6.08 Å². The lowest BCUT2D eigenvalue weighted by Gasteiger charge is -2.10. The molecule has 0 N–H and O–H groups in total. The topological polar surface area (TPSA) is 16.1 Å². The van der Waals surface area contributed by atoms with Gasteiger partial charge in [0.25, 0.3) is 0 Å². The Morgan fingerprint density at radius 1 is 1.60 bits per heavy atom. The zero-order valence-corrected chi connectivity index (χ0v) is 6.86. The van der Waals surface area contributed by atoms with E-state index in [0.29, 0.717) is 0 Å². The van der Waals surface area contributed by atoms with E-state index in [0.717, 1.165) is 12.4 Å². The lowest BCUT2D eigenvalue weighted by molar-refractivity contribution is 1.20. The number of hydrogen-bond acceptors (Lipinski definition) is 4. The fourth-order valence-electron chi connectivity index (χ4n) is 0.781. The van der Waals surface area contributed by atoms with Crippen LogP contribution in [0.3, 0.4) is 0 Å². The third-order valence-electron chi connectivity index (χ3n) is 1.24. The van der Waals surface area contributed by atoms with E-state index in [9.17, 15) is 0 Å². The first kappa shape index (κ1) is 6.24. The number of hydrogen-bond donors (Lipinski definition) is 0. The van der Waals surface area contributed by atoms with Crippen molar-refractivity contribution in [3.8, 4) is 0 Å². The monoisotopic (exact) mass is 170 g/mol. The van der Waals surface area contributed by atoms with Crippen LogP contribution in [0.5, 0.6) is 0 Å². The summed E-state index contributed by atoms with van der Waals surface area (Å²) in [5.74, 6) is 1.07. The maximum atomic E-state index is 4.20. The Labute approximate surface area is 67.9 Å². The second kappa shape index (κ2) is 2.64. The minimum Gasteiger partial charge on any atom is -0.292 e. The van der Waals surface area contributed by atoms with Crippen molar-refractivity contribution in [1.82, 2.24) is 4.37 Å². The van der Waals surface area contributed by atoms with Crippen LogP contribution in [0.2, 0.25) is 0 Å². The van der Waals surface area contributed by atoms with Gasteiger partial charge in [-0.05, 0) is 35.0 Å². The van der Waals surface area contributed by atoms with Gasteiger partial charge in [-0.25, -0.2) is 0 Å². The number of nitrogens with zero attached hydrogens (tertiary/aromatic N) is 2. The van der Waals surface area contributed by atoms with Gasteiger partial charge in [0.1, 0.15) is 0 Å². The highest BCUT2D eigenvalue weighted by Gasteiger charge is 2.09. The molecule has 1 aromatic heterocycles. The Balaban J connectivity index is 2.14. The molecule has 10 heavy (non-hydrogen) atoms. The van der Waals surface area contributed by atoms with E-state index >= 15 is 0 Å². The summed E-state index contributed by atoms with van der Waals surface area (Å²) < 4.78 is 6.35. The first-order valence-corrected chi connectivity index (χ1v) is 4.64. The Morgan fingerprint density at radius 2 is 2.60 bits per heavy atom. The van der Waals surface area contributed by atoms with Gasteiger partial charge in [-0.3, -0.25) is 4.31 Å². The van der Waals surface area contributed by atoms with Crippen LogP contribution in [0.4, 0.5) is 5.82 Å². The predicted molar refractivity (Wildman–Crippen MR) is 46.2 cm³/mol. The smallest absolute Gasteiger partial charge is 0.152 e. The van der Waals surface area contributed by atoms with Crippen LogP contribution in [0.1, 0.15) is 0 Å². The molecule has 52 valence electrons. The minimum atomic E-state index is 0.981. The molecule has 1 aliphatic heterocycles. The second-order valence-electron chi connectivity index (χ2n) is 1.90. The summed E-state index contributed by atoms with van der Waals surface area (Å²) in [6.07, 6.45) is 2.13. The normalized spacial score (nSPS) is 16.6. The largest absolute Gasteiger partial charge is 0.292 e. The standard InChI is InChI=1S/C6H6N2S2/c1-3-8(10-4-1)6-2-5-9-7-6/h1-2,4-5H,3H2. The molecular weight excluding hydrogens is 164 g/mol. The first-order chi connectivity index (χ1) is 4.97. The van der Waals surface area contributed by atoms with E-state index < -0.39 is 0 Å². The molecule has 2 nitrogen and oxygen atoms in total. The molecule has 1 aromatic rings. The first-order valence-electron chi connectivity index (χ1n) is 2.96. The molecule has 0 unspecified atom stereocenters. The average Bonchev–Trinajstić information content (AvgIpc) is 2.59. The van der Waals surface area contributed by atoms with Gasteiger partial charge in [-0.15, -0.1) is 0 Å². The van der Waals surface area contributed by atoms with E-state index in [4.69, 9.17) is 0 Å². The third kappa shape index (κ3) is 1.04. The van der Waals surface area contributed by atoms with Crippen molar-refractivity contribution in [3.05, 3.63) is 22.9 Å². The van der Waals surface area contributed by atoms with Gasteiger partial charge >= 0.3 is 0 Å². The Morgan fingerprint density at radius 3 is 3.20 bits per heavy atom. The molecular formula is C6H6N2S2. The van der Waals surface area contributed by atoms with Gasteiger partial charge in [-0.2, -0.15) is 4.37 Å². The summed E-state index contributed by atoms with van der Waals surface area (Å²) >= 11 is 3.19. The maximum Gasteiger partial charge on any atom is 0.152 e. The Bertz CT molecular complexity index is 222. The molecule has 4 heteroatoms. The summed E-state index contributed by atoms with van der Waals surface area (Å²) in [7, 11) is 0. The highest BCUT2D eigenvalue weighted by Crippen LogP contribution is 2.25. The molecule has 0 spiro atoms. The zero-order chi connectivity index (χ0) is 6.81. The van der Waals surface area contributed by atoms with Crippen LogP contribution >= 0.6 is 23.5 Å². The number of aromatic nitrogens is 1. The van der Waals surface area contributed by atoms with Crippen molar-refractivity contribution < 1.29 is 0 Å². The summed E-state index contributed by atoms with van der Waals surface area (Å²) in [5.41, 5.74) is 0. The van der Waals surface area contributed by atoms with Crippen LogP contribution in [0.25, 0.3) is 0 Å². The zero-order valence-electron chi connectivity index (χ0n) is 5.23. The van der Waals surface area contributed by atoms with E-state index in [-0.39, 0.29) is 0 Å². The number of anilines is 1. The summed E-state index contributed by atoms with van der Waals surface area (Å²) in [5, 5.41) is 4.08. The van der Waals surface area contributed by atoms with Crippen molar-refractivity contribution in [3.63, 3.8) is 0 Å². The predicted octanol–water partition coefficient (Wildman–Crippen LogP) is 2.12. The van der Waals surface area contributed by atoms with Crippen LogP contribution < -0.4 is 4.31 Å². The Kier molecular flexibility index (Phi) is 1.65. The molecule has 0 atom stereocenters. The van der Waals surface area contributed by atoms with Crippen molar-refractivity contribution in [1.29, 1.82) is 0 Å². The van der Waals surface area contributed by atoms with Gasteiger partial charge in [0.2, 0.25) is 0 Å². The maximum absolute atomic E-state index is 4.20. The van der Waals surface area contributed by atoms with Crippen LogP contribution in [-0.2, 0) is 0 Å². The molecule has 0 fully saturated rings. The van der Waals surface area contributed by atoms with E-state index in [1.165, 1.54) is 11.5 Å². The number of rotatable bonds is 1.